The number of aromatic nitrogens is 1. The van der Waals surface area contributed by atoms with Crippen LogP contribution in [-0.4, -0.2) is 48.7 Å². The van der Waals surface area contributed by atoms with Crippen LogP contribution in [0.3, 0.4) is 0 Å². The van der Waals surface area contributed by atoms with E-state index in [0.717, 1.165) is 24.8 Å². The summed E-state index contributed by atoms with van der Waals surface area (Å²) in [6.45, 7) is 4.69. The molecule has 2 fully saturated rings. The molecule has 0 bridgehead atoms. The number of nitrogens with one attached hydrogen (secondary N) is 2. The molecule has 0 spiro atoms. The molecule has 1 saturated heterocycles. The number of hydrogen-bond acceptors (Lipinski definition) is 5. The summed E-state index contributed by atoms with van der Waals surface area (Å²) >= 11 is 0. The molecule has 0 aromatic carbocycles. The van der Waals surface area contributed by atoms with Crippen LogP contribution in [0.25, 0.3) is 0 Å². The van der Waals surface area contributed by atoms with Crippen molar-refractivity contribution in [2.45, 2.75) is 44.8 Å². The molecule has 7 heteroatoms. The molecule has 1 aliphatic carbocycles. The third-order valence-electron chi connectivity index (χ3n) is 5.03. The molecule has 3 rings (SSSR count). The Balaban J connectivity index is 1.56. The van der Waals surface area contributed by atoms with Gasteiger partial charge in [-0.25, -0.2) is 0 Å². The highest BCUT2D eigenvalue weighted by Crippen LogP contribution is 2.35. The van der Waals surface area contributed by atoms with Gasteiger partial charge in [0.2, 0.25) is 5.91 Å². The van der Waals surface area contributed by atoms with Gasteiger partial charge in [-0.2, -0.15) is 0 Å². The van der Waals surface area contributed by atoms with E-state index in [0.29, 0.717) is 24.5 Å². The van der Waals surface area contributed by atoms with Gasteiger partial charge >= 0.3 is 0 Å². The van der Waals surface area contributed by atoms with Crippen LogP contribution in [0.2, 0.25) is 0 Å². The number of carbonyl (C=O) groups excluding carboxylic acids is 2. The summed E-state index contributed by atoms with van der Waals surface area (Å²) in [7, 11) is 1.55. The van der Waals surface area contributed by atoms with Gasteiger partial charge in [0, 0.05) is 18.3 Å². The first-order valence-corrected chi connectivity index (χ1v) is 8.64. The second-order valence-electron chi connectivity index (χ2n) is 7.04. The standard InChI is InChI=1S/C18H25N3O4/c1-11-6-13(9-25-11)16(22)21-18(4-5-18)10-20-17(23)14-7-19-8-15(24-3)12(14)2/h7-8,11,13H,4-6,9-10H2,1-3H3,(H,20,23)(H,21,22). The predicted molar refractivity (Wildman–Crippen MR) is 91.5 cm³/mol. The smallest absolute Gasteiger partial charge is 0.253 e. The van der Waals surface area contributed by atoms with Crippen molar-refractivity contribution >= 4 is 11.8 Å². The Kier molecular flexibility index (Phi) is 4.94. The summed E-state index contributed by atoms with van der Waals surface area (Å²) in [6, 6.07) is 0. The first-order chi connectivity index (χ1) is 11.9. The van der Waals surface area contributed by atoms with Gasteiger partial charge < -0.3 is 20.1 Å². The minimum Gasteiger partial charge on any atom is -0.495 e. The van der Waals surface area contributed by atoms with Gasteiger partial charge in [-0.05, 0) is 33.1 Å². The van der Waals surface area contributed by atoms with E-state index < -0.39 is 0 Å². The van der Waals surface area contributed by atoms with Crippen molar-refractivity contribution in [1.82, 2.24) is 15.6 Å². The zero-order valence-electron chi connectivity index (χ0n) is 14.9. The van der Waals surface area contributed by atoms with E-state index in [2.05, 4.69) is 15.6 Å². The zero-order valence-corrected chi connectivity index (χ0v) is 14.9. The fourth-order valence-corrected chi connectivity index (χ4v) is 3.15. The predicted octanol–water partition coefficient (Wildman–Crippen LogP) is 1.20. The number of ether oxygens (including phenoxy) is 2. The van der Waals surface area contributed by atoms with Crippen molar-refractivity contribution in [3.63, 3.8) is 0 Å². The van der Waals surface area contributed by atoms with Gasteiger partial charge in [0.25, 0.3) is 5.91 Å². The molecule has 1 aromatic heterocycles. The van der Waals surface area contributed by atoms with E-state index in [-0.39, 0.29) is 29.4 Å². The summed E-state index contributed by atoms with van der Waals surface area (Å²) in [6.07, 6.45) is 5.74. The maximum atomic E-state index is 12.5. The molecule has 2 amide bonds. The average Bonchev–Trinajstić information content (AvgIpc) is 3.22. The van der Waals surface area contributed by atoms with Gasteiger partial charge in [-0.3, -0.25) is 14.6 Å². The first-order valence-electron chi connectivity index (χ1n) is 8.64. The van der Waals surface area contributed by atoms with Crippen LogP contribution in [0.15, 0.2) is 12.4 Å². The number of hydrogen-bond donors (Lipinski definition) is 2. The molecule has 1 aromatic rings. The number of amides is 2. The van der Waals surface area contributed by atoms with Gasteiger partial charge in [-0.1, -0.05) is 0 Å². The molecule has 2 heterocycles. The van der Waals surface area contributed by atoms with Crippen molar-refractivity contribution < 1.29 is 19.1 Å². The fourth-order valence-electron chi connectivity index (χ4n) is 3.15. The van der Waals surface area contributed by atoms with Crippen molar-refractivity contribution in [3.8, 4) is 5.75 Å². The minimum absolute atomic E-state index is 0.0235. The fraction of sp³-hybridized carbons (Fsp3) is 0.611. The van der Waals surface area contributed by atoms with Gasteiger partial charge in [0.15, 0.2) is 0 Å². The number of carbonyl (C=O) groups is 2. The van der Waals surface area contributed by atoms with Crippen molar-refractivity contribution in [2.75, 3.05) is 20.3 Å². The number of pyridine rings is 1. The van der Waals surface area contributed by atoms with Crippen LogP contribution in [0, 0.1) is 12.8 Å². The lowest BCUT2D eigenvalue weighted by atomic mass is 10.0. The Morgan fingerprint density at radius 2 is 2.16 bits per heavy atom. The summed E-state index contributed by atoms with van der Waals surface area (Å²) in [5.41, 5.74) is 0.916. The van der Waals surface area contributed by atoms with Crippen LogP contribution >= 0.6 is 0 Å². The lowest BCUT2D eigenvalue weighted by molar-refractivity contribution is -0.125. The average molecular weight is 347 g/mol. The summed E-state index contributed by atoms with van der Waals surface area (Å²) in [5.74, 6) is 0.308. The SMILES string of the molecule is COc1cncc(C(=O)NCC2(NC(=O)C3COC(C)C3)CC2)c1C. The summed E-state index contributed by atoms with van der Waals surface area (Å²) in [4.78, 5) is 28.9. The number of rotatable bonds is 6. The third kappa shape index (κ3) is 3.92. The van der Waals surface area contributed by atoms with E-state index in [4.69, 9.17) is 9.47 Å². The molecule has 0 radical (unpaired) electrons. The Morgan fingerprint density at radius 3 is 2.76 bits per heavy atom. The van der Waals surface area contributed by atoms with Gasteiger partial charge in [-0.15, -0.1) is 0 Å². The van der Waals surface area contributed by atoms with Crippen molar-refractivity contribution in [1.29, 1.82) is 0 Å². The molecule has 1 saturated carbocycles. The molecule has 25 heavy (non-hydrogen) atoms. The first kappa shape index (κ1) is 17.7. The topological polar surface area (TPSA) is 89.5 Å². The molecule has 2 N–H and O–H groups in total. The Hall–Kier alpha value is -2.15. The van der Waals surface area contributed by atoms with Crippen molar-refractivity contribution in [2.24, 2.45) is 5.92 Å². The molecule has 1 aliphatic heterocycles. The Labute approximate surface area is 147 Å². The lowest BCUT2D eigenvalue weighted by Crippen LogP contribution is -2.48. The molecular formula is C18H25N3O4. The quantitative estimate of drug-likeness (QED) is 0.807. The Bertz CT molecular complexity index is 672. The highest BCUT2D eigenvalue weighted by Gasteiger charge is 2.45. The van der Waals surface area contributed by atoms with E-state index in [9.17, 15) is 9.59 Å². The molecule has 2 unspecified atom stereocenters. The molecule has 7 nitrogen and oxygen atoms in total. The maximum absolute atomic E-state index is 12.5. The third-order valence-corrected chi connectivity index (χ3v) is 5.03. The molecule has 136 valence electrons. The monoisotopic (exact) mass is 347 g/mol. The van der Waals surface area contributed by atoms with E-state index in [1.54, 1.807) is 13.3 Å². The zero-order chi connectivity index (χ0) is 18.0. The number of methoxy groups -OCH3 is 1. The largest absolute Gasteiger partial charge is 0.495 e. The molecular weight excluding hydrogens is 322 g/mol. The molecule has 2 aliphatic rings. The summed E-state index contributed by atoms with van der Waals surface area (Å²) in [5, 5.41) is 6.02. The Morgan fingerprint density at radius 1 is 1.40 bits per heavy atom. The maximum Gasteiger partial charge on any atom is 0.253 e. The van der Waals surface area contributed by atoms with Crippen LogP contribution in [0.5, 0.6) is 5.75 Å². The van der Waals surface area contributed by atoms with E-state index in [1.807, 2.05) is 13.8 Å². The van der Waals surface area contributed by atoms with Crippen LogP contribution in [0.1, 0.15) is 42.1 Å². The van der Waals surface area contributed by atoms with E-state index in [1.165, 1.54) is 6.20 Å². The second kappa shape index (κ2) is 7.00. The van der Waals surface area contributed by atoms with E-state index >= 15 is 0 Å². The van der Waals surface area contributed by atoms with Crippen LogP contribution in [-0.2, 0) is 9.53 Å². The normalized spacial score (nSPS) is 23.8. The summed E-state index contributed by atoms with van der Waals surface area (Å²) < 4.78 is 10.7. The van der Waals surface area contributed by atoms with Gasteiger partial charge in [0.1, 0.15) is 5.75 Å². The highest BCUT2D eigenvalue weighted by atomic mass is 16.5. The highest BCUT2D eigenvalue weighted by molar-refractivity contribution is 5.96. The lowest BCUT2D eigenvalue weighted by Gasteiger charge is -2.20. The molecule has 2 atom stereocenters. The second-order valence-corrected chi connectivity index (χ2v) is 7.04. The van der Waals surface area contributed by atoms with Crippen LogP contribution in [0.4, 0.5) is 0 Å². The minimum atomic E-state index is -0.321. The van der Waals surface area contributed by atoms with Crippen LogP contribution < -0.4 is 15.4 Å². The van der Waals surface area contributed by atoms with Crippen molar-refractivity contribution in [3.05, 3.63) is 23.5 Å². The van der Waals surface area contributed by atoms with Gasteiger partial charge in [0.05, 0.1) is 43.0 Å². The number of nitrogens with zero attached hydrogens (tertiary/aromatic N) is 1.